The fraction of sp³-hybridized carbons (Fsp3) is 0.0714. The first-order valence-corrected chi connectivity index (χ1v) is 7.05. The Morgan fingerprint density at radius 1 is 1.26 bits per heavy atom. The van der Waals surface area contributed by atoms with Crippen LogP contribution in [-0.4, -0.2) is 5.91 Å². The molecule has 3 N–H and O–H groups in total. The Bertz CT molecular complexity index is 643. The van der Waals surface area contributed by atoms with Gasteiger partial charge in [-0.05, 0) is 71.5 Å². The second kappa shape index (κ2) is 5.79. The highest BCUT2D eigenvalue weighted by atomic mass is 127. The van der Waals surface area contributed by atoms with Gasteiger partial charge in [-0.15, -0.1) is 0 Å². The summed E-state index contributed by atoms with van der Waals surface area (Å²) in [6.45, 7) is 1.87. The molecule has 0 aromatic heterocycles. The Hall–Kier alpha value is -1.27. The first-order valence-electron chi connectivity index (χ1n) is 5.60. The van der Waals surface area contributed by atoms with E-state index in [-0.39, 0.29) is 5.91 Å². The SMILES string of the molecule is Cc1cc(C(=O)Nc2ccc(I)cc2Cl)ccc1N. The van der Waals surface area contributed by atoms with Crippen LogP contribution in [0.15, 0.2) is 36.4 Å². The summed E-state index contributed by atoms with van der Waals surface area (Å²) in [6, 6.07) is 10.6. The number of nitrogens with one attached hydrogen (secondary N) is 1. The van der Waals surface area contributed by atoms with E-state index in [1.807, 2.05) is 13.0 Å². The standard InChI is InChI=1S/C14H12ClIN2O/c1-8-6-9(2-4-12(8)17)14(19)18-13-5-3-10(16)7-11(13)15/h2-7H,17H2,1H3,(H,18,19). The summed E-state index contributed by atoms with van der Waals surface area (Å²) in [6.07, 6.45) is 0. The first-order chi connectivity index (χ1) is 8.97. The molecule has 0 aliphatic carbocycles. The van der Waals surface area contributed by atoms with Crippen molar-refractivity contribution in [1.29, 1.82) is 0 Å². The van der Waals surface area contributed by atoms with Gasteiger partial charge in [0.2, 0.25) is 0 Å². The van der Waals surface area contributed by atoms with Crippen molar-refractivity contribution >= 4 is 51.5 Å². The molecular weight excluding hydrogens is 375 g/mol. The second-order valence-corrected chi connectivity index (χ2v) is 5.80. The molecule has 2 rings (SSSR count). The summed E-state index contributed by atoms with van der Waals surface area (Å²) in [4.78, 5) is 12.1. The number of nitrogen functional groups attached to an aromatic ring is 1. The highest BCUT2D eigenvalue weighted by molar-refractivity contribution is 14.1. The quantitative estimate of drug-likeness (QED) is 0.603. The van der Waals surface area contributed by atoms with Gasteiger partial charge in [0, 0.05) is 14.8 Å². The zero-order valence-corrected chi connectivity index (χ0v) is 13.1. The molecule has 19 heavy (non-hydrogen) atoms. The number of halogens is 2. The number of aryl methyl sites for hydroxylation is 1. The van der Waals surface area contributed by atoms with Crippen LogP contribution in [-0.2, 0) is 0 Å². The molecule has 0 bridgehead atoms. The van der Waals surface area contributed by atoms with Gasteiger partial charge in [0.15, 0.2) is 0 Å². The second-order valence-electron chi connectivity index (χ2n) is 4.15. The first kappa shape index (κ1) is 14.1. The van der Waals surface area contributed by atoms with Gasteiger partial charge in [0.25, 0.3) is 5.91 Å². The summed E-state index contributed by atoms with van der Waals surface area (Å²) in [5.74, 6) is -0.203. The Balaban J connectivity index is 2.23. The van der Waals surface area contributed by atoms with Crippen molar-refractivity contribution in [1.82, 2.24) is 0 Å². The van der Waals surface area contributed by atoms with Crippen molar-refractivity contribution in [2.75, 3.05) is 11.1 Å². The number of rotatable bonds is 2. The van der Waals surface area contributed by atoms with E-state index in [2.05, 4.69) is 27.9 Å². The molecule has 0 spiro atoms. The Kier molecular flexibility index (Phi) is 4.31. The summed E-state index contributed by atoms with van der Waals surface area (Å²) in [7, 11) is 0. The fourth-order valence-electron chi connectivity index (χ4n) is 1.60. The van der Waals surface area contributed by atoms with Crippen molar-refractivity contribution in [3.63, 3.8) is 0 Å². The number of carbonyl (C=O) groups excluding carboxylic acids is 1. The van der Waals surface area contributed by atoms with Crippen molar-refractivity contribution < 1.29 is 4.79 Å². The van der Waals surface area contributed by atoms with Crippen LogP contribution in [0.1, 0.15) is 15.9 Å². The van der Waals surface area contributed by atoms with E-state index in [1.54, 1.807) is 30.3 Å². The average molecular weight is 387 g/mol. The van der Waals surface area contributed by atoms with Crippen LogP contribution in [0.5, 0.6) is 0 Å². The van der Waals surface area contributed by atoms with E-state index in [9.17, 15) is 4.79 Å². The minimum Gasteiger partial charge on any atom is -0.399 e. The highest BCUT2D eigenvalue weighted by Crippen LogP contribution is 2.24. The molecule has 3 nitrogen and oxygen atoms in total. The number of hydrogen-bond acceptors (Lipinski definition) is 2. The number of carbonyl (C=O) groups is 1. The van der Waals surface area contributed by atoms with Gasteiger partial charge >= 0.3 is 0 Å². The van der Waals surface area contributed by atoms with Crippen LogP contribution in [0.3, 0.4) is 0 Å². The van der Waals surface area contributed by atoms with Gasteiger partial charge < -0.3 is 11.1 Å². The van der Waals surface area contributed by atoms with E-state index < -0.39 is 0 Å². The molecule has 0 heterocycles. The predicted octanol–water partition coefficient (Wildman–Crippen LogP) is 4.09. The van der Waals surface area contributed by atoms with E-state index in [4.69, 9.17) is 17.3 Å². The molecule has 0 aliphatic heterocycles. The smallest absolute Gasteiger partial charge is 0.255 e. The largest absolute Gasteiger partial charge is 0.399 e. The molecule has 0 atom stereocenters. The highest BCUT2D eigenvalue weighted by Gasteiger charge is 2.09. The van der Waals surface area contributed by atoms with Gasteiger partial charge in [0.05, 0.1) is 10.7 Å². The predicted molar refractivity (Wildman–Crippen MR) is 87.7 cm³/mol. The van der Waals surface area contributed by atoms with Crippen molar-refractivity contribution in [3.05, 3.63) is 56.1 Å². The zero-order valence-electron chi connectivity index (χ0n) is 10.2. The molecule has 2 aromatic carbocycles. The van der Waals surface area contributed by atoms with Crippen molar-refractivity contribution in [2.45, 2.75) is 6.92 Å². The molecule has 0 unspecified atom stereocenters. The molecule has 5 heteroatoms. The number of benzene rings is 2. The number of anilines is 2. The third-order valence-electron chi connectivity index (χ3n) is 2.71. The molecule has 0 aliphatic rings. The zero-order chi connectivity index (χ0) is 14.0. The van der Waals surface area contributed by atoms with Crippen LogP contribution in [0.25, 0.3) is 0 Å². The topological polar surface area (TPSA) is 55.1 Å². The van der Waals surface area contributed by atoms with Gasteiger partial charge in [-0.25, -0.2) is 0 Å². The summed E-state index contributed by atoms with van der Waals surface area (Å²) >= 11 is 8.24. The lowest BCUT2D eigenvalue weighted by Gasteiger charge is -2.09. The summed E-state index contributed by atoms with van der Waals surface area (Å²) in [5.41, 5.74) is 8.43. The Morgan fingerprint density at radius 3 is 2.63 bits per heavy atom. The minimum atomic E-state index is -0.203. The van der Waals surface area contributed by atoms with Crippen LogP contribution in [0, 0.1) is 10.5 Å². The summed E-state index contributed by atoms with van der Waals surface area (Å²) < 4.78 is 1.02. The van der Waals surface area contributed by atoms with Gasteiger partial charge in [-0.3, -0.25) is 4.79 Å². The number of hydrogen-bond donors (Lipinski definition) is 2. The normalized spacial score (nSPS) is 10.3. The lowest BCUT2D eigenvalue weighted by Crippen LogP contribution is -2.12. The Morgan fingerprint density at radius 2 is 2.00 bits per heavy atom. The molecule has 2 aromatic rings. The van der Waals surface area contributed by atoms with E-state index >= 15 is 0 Å². The van der Waals surface area contributed by atoms with Crippen LogP contribution >= 0.6 is 34.2 Å². The molecule has 0 saturated carbocycles. The molecule has 0 fully saturated rings. The van der Waals surface area contributed by atoms with Crippen molar-refractivity contribution in [3.8, 4) is 0 Å². The maximum Gasteiger partial charge on any atom is 0.255 e. The maximum absolute atomic E-state index is 12.1. The summed E-state index contributed by atoms with van der Waals surface area (Å²) in [5, 5.41) is 3.31. The molecule has 0 saturated heterocycles. The monoisotopic (exact) mass is 386 g/mol. The minimum absolute atomic E-state index is 0.203. The number of amides is 1. The third kappa shape index (κ3) is 3.39. The van der Waals surface area contributed by atoms with E-state index in [0.29, 0.717) is 22.0 Å². The lowest BCUT2D eigenvalue weighted by molar-refractivity contribution is 0.102. The molecule has 1 amide bonds. The van der Waals surface area contributed by atoms with Crippen molar-refractivity contribution in [2.24, 2.45) is 0 Å². The van der Waals surface area contributed by atoms with Gasteiger partial charge in [0.1, 0.15) is 0 Å². The third-order valence-corrected chi connectivity index (χ3v) is 3.70. The molecule has 98 valence electrons. The Labute approximate surface area is 130 Å². The van der Waals surface area contributed by atoms with Crippen LogP contribution in [0.2, 0.25) is 5.02 Å². The van der Waals surface area contributed by atoms with Gasteiger partial charge in [-0.2, -0.15) is 0 Å². The molecular formula is C14H12ClIN2O. The van der Waals surface area contributed by atoms with E-state index in [1.165, 1.54) is 0 Å². The lowest BCUT2D eigenvalue weighted by atomic mass is 10.1. The van der Waals surface area contributed by atoms with E-state index in [0.717, 1.165) is 9.13 Å². The molecule has 0 radical (unpaired) electrons. The maximum atomic E-state index is 12.1. The van der Waals surface area contributed by atoms with Crippen LogP contribution < -0.4 is 11.1 Å². The average Bonchev–Trinajstić information content (AvgIpc) is 2.36. The number of nitrogens with two attached hydrogens (primary N) is 1. The van der Waals surface area contributed by atoms with Crippen LogP contribution in [0.4, 0.5) is 11.4 Å². The van der Waals surface area contributed by atoms with Gasteiger partial charge in [-0.1, -0.05) is 11.6 Å². The fourth-order valence-corrected chi connectivity index (χ4v) is 2.51.